The van der Waals surface area contributed by atoms with Gasteiger partial charge in [0.2, 0.25) is 15.9 Å². The van der Waals surface area contributed by atoms with Gasteiger partial charge in [0, 0.05) is 18.3 Å². The molecule has 2 aromatic rings. The van der Waals surface area contributed by atoms with E-state index in [1.807, 2.05) is 18.9 Å². The lowest BCUT2D eigenvalue weighted by Gasteiger charge is -2.24. The molecule has 1 amide bonds. The molecular formula is C22H31N3O3S. The normalized spacial score (nSPS) is 12.9. The fourth-order valence-electron chi connectivity index (χ4n) is 2.85. The number of amides is 1. The number of hydrogen-bond donors (Lipinski definition) is 2. The summed E-state index contributed by atoms with van der Waals surface area (Å²) in [6.07, 6.45) is 1.00. The minimum absolute atomic E-state index is 0.145. The van der Waals surface area contributed by atoms with Crippen LogP contribution in [0.2, 0.25) is 0 Å². The van der Waals surface area contributed by atoms with E-state index in [4.69, 9.17) is 0 Å². The maximum atomic E-state index is 12.6. The number of anilines is 1. The van der Waals surface area contributed by atoms with Gasteiger partial charge in [0.25, 0.3) is 0 Å². The summed E-state index contributed by atoms with van der Waals surface area (Å²) in [6.45, 7) is 8.17. The molecule has 1 atom stereocenters. The van der Waals surface area contributed by atoms with Gasteiger partial charge in [0.05, 0.1) is 10.9 Å². The second kappa shape index (κ2) is 10.0. The number of likely N-dealkylation sites (N-methyl/N-ethyl adjacent to an activating group) is 1. The van der Waals surface area contributed by atoms with Crippen molar-refractivity contribution in [1.29, 1.82) is 0 Å². The number of sulfonamides is 1. The number of carbonyl (C=O) groups excluding carboxylic acids is 1. The van der Waals surface area contributed by atoms with Crippen molar-refractivity contribution in [2.24, 2.45) is 0 Å². The van der Waals surface area contributed by atoms with Crippen LogP contribution >= 0.6 is 0 Å². The van der Waals surface area contributed by atoms with E-state index in [1.165, 1.54) is 17.7 Å². The second-order valence-corrected chi connectivity index (χ2v) is 9.26. The zero-order valence-corrected chi connectivity index (χ0v) is 18.6. The Kier molecular flexibility index (Phi) is 7.96. The van der Waals surface area contributed by atoms with Gasteiger partial charge in [-0.25, -0.2) is 13.1 Å². The molecule has 2 N–H and O–H groups in total. The van der Waals surface area contributed by atoms with Crippen LogP contribution in [0.15, 0.2) is 53.4 Å². The van der Waals surface area contributed by atoms with Crippen molar-refractivity contribution >= 4 is 21.6 Å². The molecule has 0 saturated heterocycles. The van der Waals surface area contributed by atoms with Crippen LogP contribution in [-0.4, -0.2) is 38.4 Å². The topological polar surface area (TPSA) is 78.5 Å². The first kappa shape index (κ1) is 23.1. The molecule has 0 fully saturated rings. The molecule has 158 valence electrons. The van der Waals surface area contributed by atoms with Crippen molar-refractivity contribution in [3.63, 3.8) is 0 Å². The van der Waals surface area contributed by atoms with Crippen molar-refractivity contribution in [3.8, 4) is 0 Å². The van der Waals surface area contributed by atoms with Gasteiger partial charge in [-0.1, -0.05) is 31.2 Å². The number of nitrogens with one attached hydrogen (secondary N) is 2. The van der Waals surface area contributed by atoms with Gasteiger partial charge in [0.1, 0.15) is 0 Å². The molecule has 0 spiro atoms. The SMILES string of the molecule is CCc1ccc(CN(C)C(C)C(=O)Nc2ccc(S(=O)(=O)NC(C)C)cc2)cc1. The van der Waals surface area contributed by atoms with Crippen LogP contribution < -0.4 is 10.0 Å². The van der Waals surface area contributed by atoms with Crippen molar-refractivity contribution in [1.82, 2.24) is 9.62 Å². The monoisotopic (exact) mass is 417 g/mol. The predicted octanol–water partition coefficient (Wildman–Crippen LogP) is 3.39. The number of nitrogens with zero attached hydrogens (tertiary/aromatic N) is 1. The molecule has 0 aliphatic carbocycles. The van der Waals surface area contributed by atoms with Gasteiger partial charge in [-0.15, -0.1) is 0 Å². The minimum Gasteiger partial charge on any atom is -0.325 e. The van der Waals surface area contributed by atoms with E-state index in [9.17, 15) is 13.2 Å². The highest BCUT2D eigenvalue weighted by molar-refractivity contribution is 7.89. The van der Waals surface area contributed by atoms with Crippen molar-refractivity contribution < 1.29 is 13.2 Å². The van der Waals surface area contributed by atoms with E-state index in [0.29, 0.717) is 12.2 Å². The van der Waals surface area contributed by atoms with E-state index < -0.39 is 10.0 Å². The van der Waals surface area contributed by atoms with Crippen LogP contribution in [0.5, 0.6) is 0 Å². The minimum atomic E-state index is -3.55. The quantitative estimate of drug-likeness (QED) is 0.655. The lowest BCUT2D eigenvalue weighted by Crippen LogP contribution is -2.39. The lowest BCUT2D eigenvalue weighted by molar-refractivity contribution is -0.120. The molecule has 0 saturated carbocycles. The maximum absolute atomic E-state index is 12.6. The molecule has 0 aliphatic heterocycles. The van der Waals surface area contributed by atoms with E-state index in [0.717, 1.165) is 12.0 Å². The average molecular weight is 418 g/mol. The molecule has 0 bridgehead atoms. The fraction of sp³-hybridized carbons (Fsp3) is 0.409. The second-order valence-electron chi connectivity index (χ2n) is 7.55. The van der Waals surface area contributed by atoms with Gasteiger partial charge in [-0.3, -0.25) is 9.69 Å². The Morgan fingerprint density at radius 2 is 1.52 bits per heavy atom. The first-order chi connectivity index (χ1) is 13.6. The highest BCUT2D eigenvalue weighted by Crippen LogP contribution is 2.16. The van der Waals surface area contributed by atoms with Gasteiger partial charge < -0.3 is 5.32 Å². The van der Waals surface area contributed by atoms with Crippen LogP contribution in [0.1, 0.15) is 38.8 Å². The highest BCUT2D eigenvalue weighted by atomic mass is 32.2. The van der Waals surface area contributed by atoms with Crippen LogP contribution in [0.4, 0.5) is 5.69 Å². The van der Waals surface area contributed by atoms with Crippen molar-refractivity contribution in [2.45, 2.75) is 57.6 Å². The van der Waals surface area contributed by atoms with Crippen LogP contribution in [0.25, 0.3) is 0 Å². The Morgan fingerprint density at radius 3 is 2.03 bits per heavy atom. The zero-order chi connectivity index (χ0) is 21.6. The summed E-state index contributed by atoms with van der Waals surface area (Å²) in [5.74, 6) is -0.145. The Labute approximate surface area is 174 Å². The maximum Gasteiger partial charge on any atom is 0.241 e. The first-order valence-corrected chi connectivity index (χ1v) is 11.3. The summed E-state index contributed by atoms with van der Waals surface area (Å²) in [5.41, 5.74) is 3.00. The standard InChI is InChI=1S/C22H31N3O3S/c1-6-18-7-9-19(10-8-18)15-25(5)17(4)22(26)23-20-11-13-21(14-12-20)29(27,28)24-16(2)3/h7-14,16-17,24H,6,15H2,1-5H3,(H,23,26). The van der Waals surface area contributed by atoms with Gasteiger partial charge in [0.15, 0.2) is 0 Å². The number of benzene rings is 2. The molecule has 2 rings (SSSR count). The summed E-state index contributed by atoms with van der Waals surface area (Å²) in [6, 6.07) is 14.0. The molecule has 0 heterocycles. The molecular weight excluding hydrogens is 386 g/mol. The zero-order valence-electron chi connectivity index (χ0n) is 17.8. The molecule has 1 unspecified atom stereocenters. The number of aryl methyl sites for hydroxylation is 1. The van der Waals surface area contributed by atoms with Crippen LogP contribution in [0.3, 0.4) is 0 Å². The van der Waals surface area contributed by atoms with E-state index in [2.05, 4.69) is 41.2 Å². The third-order valence-corrected chi connectivity index (χ3v) is 6.40. The van der Waals surface area contributed by atoms with E-state index in [-0.39, 0.29) is 22.9 Å². The van der Waals surface area contributed by atoms with E-state index in [1.54, 1.807) is 26.0 Å². The largest absolute Gasteiger partial charge is 0.325 e. The summed E-state index contributed by atoms with van der Waals surface area (Å²) < 4.78 is 26.9. The number of hydrogen-bond acceptors (Lipinski definition) is 4. The van der Waals surface area contributed by atoms with Crippen LogP contribution in [-0.2, 0) is 27.8 Å². The smallest absolute Gasteiger partial charge is 0.241 e. The summed E-state index contributed by atoms with van der Waals surface area (Å²) in [4.78, 5) is 14.7. The Balaban J connectivity index is 1.97. The summed E-state index contributed by atoms with van der Waals surface area (Å²) >= 11 is 0. The molecule has 6 nitrogen and oxygen atoms in total. The molecule has 0 aromatic heterocycles. The number of rotatable bonds is 9. The van der Waals surface area contributed by atoms with E-state index >= 15 is 0 Å². The van der Waals surface area contributed by atoms with Crippen molar-refractivity contribution in [3.05, 3.63) is 59.7 Å². The fourth-order valence-corrected chi connectivity index (χ4v) is 4.10. The third kappa shape index (κ3) is 6.66. The molecule has 29 heavy (non-hydrogen) atoms. The Morgan fingerprint density at radius 1 is 0.966 bits per heavy atom. The van der Waals surface area contributed by atoms with Crippen molar-refractivity contribution in [2.75, 3.05) is 12.4 Å². The summed E-state index contributed by atoms with van der Waals surface area (Å²) in [7, 11) is -1.64. The van der Waals surface area contributed by atoms with Gasteiger partial charge >= 0.3 is 0 Å². The Bertz CT molecular complexity index is 907. The summed E-state index contributed by atoms with van der Waals surface area (Å²) in [5, 5.41) is 2.85. The third-order valence-electron chi connectivity index (χ3n) is 4.73. The number of carbonyl (C=O) groups is 1. The first-order valence-electron chi connectivity index (χ1n) is 9.83. The molecule has 0 radical (unpaired) electrons. The Hall–Kier alpha value is -2.22. The van der Waals surface area contributed by atoms with Gasteiger partial charge in [-0.05, 0) is 69.6 Å². The molecule has 7 heteroatoms. The average Bonchev–Trinajstić information content (AvgIpc) is 2.67. The van der Waals surface area contributed by atoms with Crippen LogP contribution in [0, 0.1) is 0 Å². The predicted molar refractivity (Wildman–Crippen MR) is 117 cm³/mol. The molecule has 0 aliphatic rings. The lowest BCUT2D eigenvalue weighted by atomic mass is 10.1. The molecule has 2 aromatic carbocycles. The highest BCUT2D eigenvalue weighted by Gasteiger charge is 2.19. The van der Waals surface area contributed by atoms with Gasteiger partial charge in [-0.2, -0.15) is 0 Å².